The second-order valence-corrected chi connectivity index (χ2v) is 10.5. The molecule has 0 bridgehead atoms. The van der Waals surface area contributed by atoms with Gasteiger partial charge in [0.15, 0.2) is 5.78 Å². The second-order valence-electron chi connectivity index (χ2n) is 9.13. The van der Waals surface area contributed by atoms with Gasteiger partial charge in [0.05, 0.1) is 19.3 Å². The fourth-order valence-corrected chi connectivity index (χ4v) is 5.58. The number of dihydropyridines is 1. The van der Waals surface area contributed by atoms with Crippen LogP contribution in [0.2, 0.25) is 0 Å². The quantitative estimate of drug-likeness (QED) is 0.315. The minimum absolute atomic E-state index is 0.0489. The first-order chi connectivity index (χ1) is 18.0. The topological polar surface area (TPSA) is 73.9 Å². The van der Waals surface area contributed by atoms with E-state index in [2.05, 4.69) is 12.2 Å². The molecule has 1 aliphatic carbocycles. The van der Waals surface area contributed by atoms with Crippen LogP contribution in [0.15, 0.2) is 71.1 Å². The monoisotopic (exact) mass is 521 g/mol. The summed E-state index contributed by atoms with van der Waals surface area (Å²) in [5.74, 6) is 2.49. The Morgan fingerprint density at radius 2 is 1.68 bits per heavy atom. The van der Waals surface area contributed by atoms with Crippen molar-refractivity contribution in [3.63, 3.8) is 0 Å². The van der Waals surface area contributed by atoms with Crippen molar-refractivity contribution in [3.05, 3.63) is 82.2 Å². The Morgan fingerprint density at radius 1 is 1.00 bits per heavy atom. The Hall–Kier alpha value is -3.19. The lowest BCUT2D eigenvalue weighted by atomic mass is 9.71. The van der Waals surface area contributed by atoms with Gasteiger partial charge in [-0.15, -0.1) is 0 Å². The maximum Gasteiger partial charge on any atom is 0.336 e. The van der Waals surface area contributed by atoms with Crippen molar-refractivity contribution < 1.29 is 23.8 Å². The molecule has 0 unspecified atom stereocenters. The lowest BCUT2D eigenvalue weighted by molar-refractivity contribution is -0.138. The minimum atomic E-state index is -0.484. The van der Waals surface area contributed by atoms with E-state index < -0.39 is 5.92 Å². The average molecular weight is 522 g/mol. The van der Waals surface area contributed by atoms with E-state index in [0.717, 1.165) is 45.5 Å². The average Bonchev–Trinajstić information content (AvgIpc) is 2.91. The van der Waals surface area contributed by atoms with Gasteiger partial charge in [0.1, 0.15) is 18.1 Å². The summed E-state index contributed by atoms with van der Waals surface area (Å²) in [6.45, 7) is 6.82. The van der Waals surface area contributed by atoms with Gasteiger partial charge in [0.2, 0.25) is 0 Å². The van der Waals surface area contributed by atoms with E-state index in [-0.39, 0.29) is 17.7 Å². The minimum Gasteiger partial charge on any atom is -0.497 e. The zero-order valence-corrected chi connectivity index (χ0v) is 22.8. The molecule has 2 aromatic rings. The number of rotatable bonds is 10. The van der Waals surface area contributed by atoms with Gasteiger partial charge in [-0.2, -0.15) is 11.8 Å². The predicted octanol–water partition coefficient (Wildman–Crippen LogP) is 5.75. The number of thioether (sulfide) groups is 1. The molecule has 0 saturated carbocycles. The zero-order valence-electron chi connectivity index (χ0n) is 22.0. The smallest absolute Gasteiger partial charge is 0.336 e. The molecule has 0 aromatic heterocycles. The van der Waals surface area contributed by atoms with Crippen molar-refractivity contribution in [2.75, 3.05) is 31.8 Å². The third-order valence-electron chi connectivity index (χ3n) is 6.82. The van der Waals surface area contributed by atoms with Crippen LogP contribution in [0.5, 0.6) is 11.5 Å². The second kappa shape index (κ2) is 12.4. The number of methoxy groups -OCH3 is 1. The van der Waals surface area contributed by atoms with Gasteiger partial charge in [-0.1, -0.05) is 31.2 Å². The van der Waals surface area contributed by atoms with Crippen molar-refractivity contribution in [2.45, 2.75) is 45.4 Å². The van der Waals surface area contributed by atoms with E-state index in [0.29, 0.717) is 37.2 Å². The third kappa shape index (κ3) is 6.04. The molecule has 7 heteroatoms. The van der Waals surface area contributed by atoms with Crippen molar-refractivity contribution >= 4 is 23.5 Å². The van der Waals surface area contributed by atoms with E-state index in [1.165, 1.54) is 0 Å². The summed E-state index contributed by atoms with van der Waals surface area (Å²) in [5, 5.41) is 3.42. The summed E-state index contributed by atoms with van der Waals surface area (Å²) in [6, 6.07) is 15.6. The molecule has 6 nitrogen and oxygen atoms in total. The van der Waals surface area contributed by atoms with Crippen LogP contribution >= 0.6 is 11.8 Å². The van der Waals surface area contributed by atoms with E-state index in [1.807, 2.05) is 62.4 Å². The summed E-state index contributed by atoms with van der Waals surface area (Å²) in [4.78, 5) is 27.1. The Balaban J connectivity index is 1.69. The van der Waals surface area contributed by atoms with Crippen LogP contribution in [-0.2, 0) is 14.3 Å². The van der Waals surface area contributed by atoms with Gasteiger partial charge in [-0.05, 0) is 67.3 Å². The van der Waals surface area contributed by atoms with Crippen LogP contribution in [-0.4, -0.2) is 43.6 Å². The first-order valence-electron chi connectivity index (χ1n) is 12.8. The van der Waals surface area contributed by atoms with Crippen molar-refractivity contribution in [1.29, 1.82) is 0 Å². The highest BCUT2D eigenvalue weighted by Crippen LogP contribution is 2.46. The molecule has 0 amide bonds. The molecule has 4 rings (SSSR count). The zero-order chi connectivity index (χ0) is 26.4. The number of ketones is 1. The number of ether oxygens (including phenoxy) is 3. The molecule has 0 saturated heterocycles. The van der Waals surface area contributed by atoms with E-state index in [1.54, 1.807) is 18.9 Å². The van der Waals surface area contributed by atoms with Gasteiger partial charge in [-0.25, -0.2) is 4.79 Å². The fourth-order valence-electron chi connectivity index (χ4n) is 5.09. The highest BCUT2D eigenvalue weighted by atomic mass is 32.2. The summed E-state index contributed by atoms with van der Waals surface area (Å²) in [6.07, 6.45) is 1.07. The Morgan fingerprint density at radius 3 is 2.32 bits per heavy atom. The summed E-state index contributed by atoms with van der Waals surface area (Å²) >= 11 is 1.73. The van der Waals surface area contributed by atoms with Gasteiger partial charge in [-0.3, -0.25) is 4.79 Å². The molecule has 1 heterocycles. The molecule has 1 N–H and O–H groups in total. The van der Waals surface area contributed by atoms with Gasteiger partial charge in [0.25, 0.3) is 0 Å². The van der Waals surface area contributed by atoms with Crippen molar-refractivity contribution in [2.24, 2.45) is 0 Å². The van der Waals surface area contributed by atoms with Crippen LogP contribution in [0, 0.1) is 0 Å². The highest BCUT2D eigenvalue weighted by molar-refractivity contribution is 7.99. The van der Waals surface area contributed by atoms with Crippen LogP contribution in [0.3, 0.4) is 0 Å². The highest BCUT2D eigenvalue weighted by Gasteiger charge is 2.41. The Labute approximate surface area is 223 Å². The lowest BCUT2D eigenvalue weighted by Gasteiger charge is -2.36. The number of Topliss-reactive ketones (excluding diaryl/α,β-unsaturated/α-hetero) is 1. The number of esters is 1. The number of nitrogens with one attached hydrogen (secondary N) is 1. The molecule has 2 aromatic carbocycles. The number of hydrogen-bond donors (Lipinski definition) is 1. The van der Waals surface area contributed by atoms with E-state index in [4.69, 9.17) is 14.2 Å². The molecular weight excluding hydrogens is 486 g/mol. The van der Waals surface area contributed by atoms with E-state index in [9.17, 15) is 9.59 Å². The van der Waals surface area contributed by atoms with Gasteiger partial charge >= 0.3 is 5.97 Å². The number of benzene rings is 2. The molecular formula is C30H35NO5S. The number of hydrogen-bond acceptors (Lipinski definition) is 7. The first-order valence-corrected chi connectivity index (χ1v) is 14.0. The lowest BCUT2D eigenvalue weighted by Crippen LogP contribution is -2.36. The normalized spacial score (nSPS) is 19.3. The van der Waals surface area contributed by atoms with Crippen LogP contribution in [0.4, 0.5) is 0 Å². The fraction of sp³-hybridized carbons (Fsp3) is 0.400. The van der Waals surface area contributed by atoms with Crippen LogP contribution < -0.4 is 14.8 Å². The Bertz CT molecular complexity index is 1180. The Kier molecular flexibility index (Phi) is 8.98. The number of carbonyl (C=O) groups is 2. The molecule has 0 fully saturated rings. The third-order valence-corrected chi connectivity index (χ3v) is 7.69. The summed E-state index contributed by atoms with van der Waals surface area (Å²) in [5.41, 5.74) is 4.75. The van der Waals surface area contributed by atoms with Crippen molar-refractivity contribution in [1.82, 2.24) is 5.32 Å². The summed E-state index contributed by atoms with van der Waals surface area (Å²) in [7, 11) is 1.64. The largest absolute Gasteiger partial charge is 0.497 e. The predicted molar refractivity (Wildman–Crippen MR) is 147 cm³/mol. The molecule has 1 aliphatic heterocycles. The molecule has 2 atom stereocenters. The number of carbonyl (C=O) groups excluding carboxylic acids is 2. The summed E-state index contributed by atoms with van der Waals surface area (Å²) < 4.78 is 16.6. The number of allylic oxidation sites excluding steroid dienone is 3. The molecule has 0 radical (unpaired) electrons. The van der Waals surface area contributed by atoms with Gasteiger partial charge in [0, 0.05) is 35.1 Å². The standard InChI is InChI=1S/C30H35NO5S/c1-5-35-24-13-9-21(10-14-24)28-27(30(33)36-15-16-37-6-2)19(3)31-25-17-22(18-26(32)29(25)28)20-7-11-23(34-4)12-8-20/h7-14,22,28,31H,5-6,15-18H2,1-4H3/t22-,28-/m1/s1. The molecule has 37 heavy (non-hydrogen) atoms. The molecule has 196 valence electrons. The first kappa shape index (κ1) is 26.9. The maximum atomic E-state index is 13.7. The van der Waals surface area contributed by atoms with Gasteiger partial charge < -0.3 is 19.5 Å². The molecule has 0 spiro atoms. The van der Waals surface area contributed by atoms with E-state index >= 15 is 0 Å². The maximum absolute atomic E-state index is 13.7. The van der Waals surface area contributed by atoms with Crippen LogP contribution in [0.25, 0.3) is 0 Å². The van der Waals surface area contributed by atoms with Crippen molar-refractivity contribution in [3.8, 4) is 11.5 Å². The molecule has 2 aliphatic rings. The SMILES string of the molecule is CCOc1ccc([C@@H]2C(C(=O)OCCSCC)=C(C)NC3=C2C(=O)C[C@H](c2ccc(OC)cc2)C3)cc1. The van der Waals surface area contributed by atoms with Crippen LogP contribution in [0.1, 0.15) is 56.6 Å².